The molecule has 1 aromatic carbocycles. The van der Waals surface area contributed by atoms with Crippen LogP contribution in [0.5, 0.6) is 11.5 Å². The fourth-order valence-corrected chi connectivity index (χ4v) is 1.24. The van der Waals surface area contributed by atoms with Crippen molar-refractivity contribution < 1.29 is 4.74 Å². The summed E-state index contributed by atoms with van der Waals surface area (Å²) in [6.07, 6.45) is 2.80. The van der Waals surface area contributed by atoms with Crippen LogP contribution >= 0.6 is 0 Å². The first-order chi connectivity index (χ1) is 5.33. The molecule has 1 heterocycles. The molecule has 0 saturated heterocycles. The summed E-state index contributed by atoms with van der Waals surface area (Å²) >= 11 is 0. The summed E-state index contributed by atoms with van der Waals surface area (Å²) in [5.74, 6) is 2.15. The lowest BCUT2D eigenvalue weighted by Gasteiger charge is -1.89. The Labute approximate surface area is 66.3 Å². The van der Waals surface area contributed by atoms with Crippen LogP contribution in [0, 0.1) is 6.92 Å². The van der Waals surface area contributed by atoms with Crippen LogP contribution in [0.15, 0.2) is 24.8 Å². The molecule has 0 amide bonds. The Morgan fingerprint density at radius 2 is 2.27 bits per heavy atom. The first-order valence-corrected chi connectivity index (χ1v) is 3.74. The van der Waals surface area contributed by atoms with Crippen LogP contribution in [0.4, 0.5) is 0 Å². The predicted octanol–water partition coefficient (Wildman–Crippen LogP) is 2.83. The fraction of sp³-hybridized carbons (Fsp3) is 0.200. The van der Waals surface area contributed by atoms with Crippen LogP contribution < -0.4 is 4.74 Å². The van der Waals surface area contributed by atoms with Crippen molar-refractivity contribution in [2.45, 2.75) is 13.3 Å². The zero-order valence-corrected chi connectivity index (χ0v) is 6.55. The zero-order chi connectivity index (χ0) is 7.84. The molecule has 56 valence electrons. The van der Waals surface area contributed by atoms with E-state index in [9.17, 15) is 0 Å². The maximum absolute atomic E-state index is 5.30. The van der Waals surface area contributed by atoms with Crippen molar-refractivity contribution in [2.24, 2.45) is 0 Å². The lowest BCUT2D eigenvalue weighted by atomic mass is 10.1. The highest BCUT2D eigenvalue weighted by atomic mass is 16.6. The third-order valence-electron chi connectivity index (χ3n) is 1.92. The van der Waals surface area contributed by atoms with Gasteiger partial charge in [0.05, 0.1) is 0 Å². The zero-order valence-electron chi connectivity index (χ0n) is 6.55. The minimum atomic E-state index is 0.905. The fourth-order valence-electron chi connectivity index (χ4n) is 1.24. The molecule has 1 heteroatoms. The minimum Gasteiger partial charge on any atom is -0.449 e. The molecule has 0 aliphatic carbocycles. The Kier molecular flexibility index (Phi) is 1.25. The summed E-state index contributed by atoms with van der Waals surface area (Å²) in [5.41, 5.74) is 2.48. The third kappa shape index (κ3) is 0.929. The highest BCUT2D eigenvalue weighted by Crippen LogP contribution is 2.50. The molecule has 0 radical (unpaired) electrons. The van der Waals surface area contributed by atoms with Gasteiger partial charge in [-0.2, -0.15) is 0 Å². The highest BCUT2D eigenvalue weighted by molar-refractivity contribution is 5.63. The number of hydrogen-bond acceptors (Lipinski definition) is 1. The Morgan fingerprint density at radius 1 is 1.45 bits per heavy atom. The molecule has 1 aliphatic rings. The van der Waals surface area contributed by atoms with Gasteiger partial charge >= 0.3 is 0 Å². The molecule has 2 rings (SSSR count). The predicted molar refractivity (Wildman–Crippen MR) is 45.2 cm³/mol. The molecular weight excluding hydrogens is 136 g/mol. The average molecular weight is 146 g/mol. The first kappa shape index (κ1) is 6.47. The monoisotopic (exact) mass is 146 g/mol. The normalized spacial score (nSPS) is 11.7. The molecule has 1 aliphatic heterocycles. The summed E-state index contributed by atoms with van der Waals surface area (Å²) in [7, 11) is 0. The van der Waals surface area contributed by atoms with Gasteiger partial charge in [0, 0.05) is 5.56 Å². The molecule has 0 saturated carbocycles. The van der Waals surface area contributed by atoms with E-state index in [-0.39, 0.29) is 0 Å². The number of benzene rings is 1. The summed E-state index contributed by atoms with van der Waals surface area (Å²) in [5, 5.41) is 0. The number of hydrogen-bond donors (Lipinski definition) is 0. The van der Waals surface area contributed by atoms with Gasteiger partial charge in [0.2, 0.25) is 0 Å². The molecular formula is C10H10O. The minimum absolute atomic E-state index is 0.905. The van der Waals surface area contributed by atoms with Crippen molar-refractivity contribution >= 4 is 0 Å². The van der Waals surface area contributed by atoms with Crippen LogP contribution in [0.3, 0.4) is 0 Å². The maximum Gasteiger partial charge on any atom is 0.173 e. The van der Waals surface area contributed by atoms with Gasteiger partial charge in [0.25, 0.3) is 0 Å². The van der Waals surface area contributed by atoms with E-state index in [0.717, 1.165) is 17.9 Å². The van der Waals surface area contributed by atoms with Gasteiger partial charge in [-0.25, -0.2) is 0 Å². The van der Waals surface area contributed by atoms with E-state index in [1.165, 1.54) is 11.1 Å². The summed E-state index contributed by atoms with van der Waals surface area (Å²) in [6.45, 7) is 5.75. The number of aryl methyl sites for hydroxylation is 1. The van der Waals surface area contributed by atoms with Crippen LogP contribution in [0.25, 0.3) is 0 Å². The lowest BCUT2D eigenvalue weighted by Crippen LogP contribution is -1.74. The molecule has 1 nitrogen and oxygen atoms in total. The van der Waals surface area contributed by atoms with Gasteiger partial charge in [-0.05, 0) is 18.9 Å². The Balaban J connectivity index is 2.40. The molecule has 0 atom stereocenters. The van der Waals surface area contributed by atoms with Crippen LogP contribution in [-0.2, 0) is 6.42 Å². The molecule has 0 N–H and O–H groups in total. The summed E-state index contributed by atoms with van der Waals surface area (Å²) in [6, 6.07) is 4.19. The van der Waals surface area contributed by atoms with Crippen LogP contribution in [-0.4, -0.2) is 0 Å². The largest absolute Gasteiger partial charge is 0.449 e. The Bertz CT molecular complexity index is 313. The van der Waals surface area contributed by atoms with Crippen molar-refractivity contribution in [3.8, 4) is 11.5 Å². The highest BCUT2D eigenvalue weighted by Gasteiger charge is 2.25. The Hall–Kier alpha value is -1.24. The SMILES string of the molecule is C=CCc1ccc(C)c2c1O2. The Morgan fingerprint density at radius 3 is 3.00 bits per heavy atom. The molecule has 0 unspecified atom stereocenters. The van der Waals surface area contributed by atoms with Crippen molar-refractivity contribution in [1.29, 1.82) is 0 Å². The molecule has 0 bridgehead atoms. The van der Waals surface area contributed by atoms with Crippen molar-refractivity contribution in [3.05, 3.63) is 35.9 Å². The topological polar surface area (TPSA) is 12.5 Å². The molecule has 11 heavy (non-hydrogen) atoms. The first-order valence-electron chi connectivity index (χ1n) is 3.74. The second kappa shape index (κ2) is 2.12. The van der Waals surface area contributed by atoms with E-state index in [1.807, 2.05) is 6.08 Å². The van der Waals surface area contributed by atoms with Gasteiger partial charge in [0.1, 0.15) is 0 Å². The molecule has 0 aromatic heterocycles. The van der Waals surface area contributed by atoms with Gasteiger partial charge in [-0.15, -0.1) is 6.58 Å². The molecule has 0 fully saturated rings. The van der Waals surface area contributed by atoms with E-state index >= 15 is 0 Å². The van der Waals surface area contributed by atoms with Crippen molar-refractivity contribution in [2.75, 3.05) is 0 Å². The standard InChI is InChI=1S/C10H10O/c1-3-4-8-6-5-7(2)9-10(8)11-9/h3,5-6H,1,4H2,2H3. The van der Waals surface area contributed by atoms with Gasteiger partial charge in [0.15, 0.2) is 11.5 Å². The van der Waals surface area contributed by atoms with E-state index in [0.29, 0.717) is 0 Å². The van der Waals surface area contributed by atoms with Gasteiger partial charge in [-0.3, -0.25) is 0 Å². The second-order valence-corrected chi connectivity index (χ2v) is 2.79. The van der Waals surface area contributed by atoms with E-state index in [4.69, 9.17) is 4.74 Å². The second-order valence-electron chi connectivity index (χ2n) is 2.79. The summed E-state index contributed by atoms with van der Waals surface area (Å²) < 4.78 is 5.30. The lowest BCUT2D eigenvalue weighted by molar-refractivity contribution is 0.642. The van der Waals surface area contributed by atoms with Crippen molar-refractivity contribution in [3.63, 3.8) is 0 Å². The number of rotatable bonds is 2. The third-order valence-corrected chi connectivity index (χ3v) is 1.92. The summed E-state index contributed by atoms with van der Waals surface area (Å²) in [4.78, 5) is 0. The smallest absolute Gasteiger partial charge is 0.173 e. The van der Waals surface area contributed by atoms with Crippen LogP contribution in [0.2, 0.25) is 0 Å². The number of ether oxygens (including phenoxy) is 1. The average Bonchev–Trinajstić information content (AvgIpc) is 2.75. The number of fused-ring (bicyclic) bond motifs is 1. The van der Waals surface area contributed by atoms with Gasteiger partial charge < -0.3 is 4.74 Å². The van der Waals surface area contributed by atoms with E-state index in [2.05, 4.69) is 25.6 Å². The van der Waals surface area contributed by atoms with Crippen LogP contribution in [0.1, 0.15) is 11.1 Å². The van der Waals surface area contributed by atoms with Crippen molar-refractivity contribution in [1.82, 2.24) is 0 Å². The quantitative estimate of drug-likeness (QED) is 0.469. The molecule has 1 aromatic rings. The molecule has 0 spiro atoms. The van der Waals surface area contributed by atoms with E-state index < -0.39 is 0 Å². The van der Waals surface area contributed by atoms with Gasteiger partial charge in [-0.1, -0.05) is 18.2 Å². The number of allylic oxidation sites excluding steroid dienone is 1. The maximum atomic E-state index is 5.30. The van der Waals surface area contributed by atoms with E-state index in [1.54, 1.807) is 0 Å².